The van der Waals surface area contributed by atoms with Gasteiger partial charge in [-0.25, -0.2) is 9.78 Å². The highest BCUT2D eigenvalue weighted by molar-refractivity contribution is 7.14. The summed E-state index contributed by atoms with van der Waals surface area (Å²) in [6, 6.07) is 9.40. The third-order valence-electron chi connectivity index (χ3n) is 3.32. The second-order valence-corrected chi connectivity index (χ2v) is 6.25. The summed E-state index contributed by atoms with van der Waals surface area (Å²) in [5.41, 5.74) is 6.14. The van der Waals surface area contributed by atoms with E-state index in [-0.39, 0.29) is 24.6 Å². The van der Waals surface area contributed by atoms with Gasteiger partial charge in [-0.05, 0) is 18.4 Å². The van der Waals surface area contributed by atoms with Gasteiger partial charge in [-0.1, -0.05) is 30.3 Å². The molecule has 1 aromatic carbocycles. The van der Waals surface area contributed by atoms with Gasteiger partial charge in [0.1, 0.15) is 12.3 Å². The third kappa shape index (κ3) is 6.89. The van der Waals surface area contributed by atoms with Crippen LogP contribution in [0.2, 0.25) is 0 Å². The molecule has 0 bridgehead atoms. The van der Waals surface area contributed by atoms with E-state index in [0.717, 1.165) is 16.9 Å². The predicted molar refractivity (Wildman–Crippen MR) is 97.7 cm³/mol. The first-order valence-corrected chi connectivity index (χ1v) is 8.92. The number of primary amides is 1. The zero-order valence-electron chi connectivity index (χ0n) is 14.1. The third-order valence-corrected chi connectivity index (χ3v) is 4.07. The van der Waals surface area contributed by atoms with Crippen LogP contribution in [0.1, 0.15) is 35.3 Å². The average molecular weight is 376 g/mol. The van der Waals surface area contributed by atoms with Gasteiger partial charge < -0.3 is 21.1 Å². The fourth-order valence-corrected chi connectivity index (χ4v) is 2.72. The van der Waals surface area contributed by atoms with Crippen LogP contribution in [0.5, 0.6) is 0 Å². The maximum absolute atomic E-state index is 11.8. The normalized spacial score (nSPS) is 10.2. The number of ether oxygens (including phenoxy) is 1. The summed E-state index contributed by atoms with van der Waals surface area (Å²) in [6.07, 6.45) is 1.03. The largest absolute Gasteiger partial charge is 0.445 e. The topological polar surface area (TPSA) is 123 Å². The van der Waals surface area contributed by atoms with Crippen LogP contribution in [0.4, 0.5) is 9.93 Å². The van der Waals surface area contributed by atoms with Crippen molar-refractivity contribution in [2.75, 3.05) is 11.9 Å². The van der Waals surface area contributed by atoms with Gasteiger partial charge in [0.2, 0.25) is 5.91 Å². The Kier molecular flexibility index (Phi) is 7.56. The molecule has 0 radical (unpaired) electrons. The van der Waals surface area contributed by atoms with Crippen molar-refractivity contribution in [3.8, 4) is 0 Å². The Labute approximate surface area is 154 Å². The summed E-state index contributed by atoms with van der Waals surface area (Å²) in [6.45, 7) is 0.639. The van der Waals surface area contributed by atoms with Gasteiger partial charge in [0, 0.05) is 18.3 Å². The molecule has 2 aromatic rings. The number of unbranched alkanes of at least 4 members (excludes halogenated alkanes) is 1. The number of rotatable bonds is 9. The molecule has 0 unspecified atom stereocenters. The fourth-order valence-electron chi connectivity index (χ4n) is 2.00. The molecule has 0 aliphatic rings. The average Bonchev–Trinajstić information content (AvgIpc) is 3.09. The molecule has 0 atom stereocenters. The van der Waals surface area contributed by atoms with Crippen molar-refractivity contribution in [2.45, 2.75) is 25.9 Å². The van der Waals surface area contributed by atoms with E-state index in [0.29, 0.717) is 24.5 Å². The first kappa shape index (κ1) is 19.4. The van der Waals surface area contributed by atoms with E-state index in [1.165, 1.54) is 5.38 Å². The number of alkyl carbamates (subject to hydrolysis) is 1. The van der Waals surface area contributed by atoms with Crippen molar-refractivity contribution in [3.05, 3.63) is 47.0 Å². The summed E-state index contributed by atoms with van der Waals surface area (Å²) in [7, 11) is 0. The lowest BCUT2D eigenvalue weighted by Crippen LogP contribution is -2.25. The van der Waals surface area contributed by atoms with E-state index in [4.69, 9.17) is 10.5 Å². The van der Waals surface area contributed by atoms with Crippen molar-refractivity contribution in [3.63, 3.8) is 0 Å². The van der Waals surface area contributed by atoms with Crippen LogP contribution in [-0.2, 0) is 16.1 Å². The zero-order chi connectivity index (χ0) is 18.8. The molecule has 0 saturated carbocycles. The van der Waals surface area contributed by atoms with Gasteiger partial charge in [-0.15, -0.1) is 11.3 Å². The summed E-state index contributed by atoms with van der Waals surface area (Å²) < 4.78 is 5.08. The molecule has 9 heteroatoms. The highest BCUT2D eigenvalue weighted by Crippen LogP contribution is 2.15. The molecule has 0 aliphatic carbocycles. The molecule has 0 spiro atoms. The minimum atomic E-state index is -0.632. The van der Waals surface area contributed by atoms with Gasteiger partial charge in [-0.2, -0.15) is 0 Å². The molecule has 0 aliphatic heterocycles. The first-order valence-electron chi connectivity index (χ1n) is 8.04. The number of carbonyl (C=O) groups is 3. The molecule has 1 aromatic heterocycles. The molecular weight excluding hydrogens is 356 g/mol. The van der Waals surface area contributed by atoms with Crippen molar-refractivity contribution >= 4 is 34.4 Å². The summed E-state index contributed by atoms with van der Waals surface area (Å²) in [5.74, 6) is -0.839. The molecule has 3 amide bonds. The van der Waals surface area contributed by atoms with E-state index in [1.807, 2.05) is 30.3 Å². The summed E-state index contributed by atoms with van der Waals surface area (Å²) in [4.78, 5) is 38.2. The monoisotopic (exact) mass is 376 g/mol. The Balaban J connectivity index is 1.54. The maximum Gasteiger partial charge on any atom is 0.407 e. The number of amides is 3. The molecule has 2 rings (SSSR count). The van der Waals surface area contributed by atoms with Crippen LogP contribution >= 0.6 is 11.3 Å². The molecule has 0 fully saturated rings. The molecule has 8 nitrogen and oxygen atoms in total. The van der Waals surface area contributed by atoms with Crippen LogP contribution in [0.3, 0.4) is 0 Å². The SMILES string of the molecule is NC(=O)c1csc(NC(=O)CCCCNC(=O)OCc2ccccc2)n1. The van der Waals surface area contributed by atoms with Crippen molar-refractivity contribution < 1.29 is 19.1 Å². The summed E-state index contributed by atoms with van der Waals surface area (Å²) >= 11 is 1.14. The van der Waals surface area contributed by atoms with Gasteiger partial charge in [0.25, 0.3) is 5.91 Å². The van der Waals surface area contributed by atoms with Gasteiger partial charge in [0.15, 0.2) is 5.13 Å². The standard InChI is InChI=1S/C17H20N4O4S/c18-15(23)13-11-26-16(20-13)21-14(22)8-4-5-9-19-17(24)25-10-12-6-2-1-3-7-12/h1-3,6-7,11H,4-5,8-10H2,(H2,18,23)(H,19,24)(H,20,21,22). The number of thiazole rings is 1. The number of nitrogens with two attached hydrogens (primary N) is 1. The predicted octanol–water partition coefficient (Wildman–Crippen LogP) is 2.28. The Hall–Kier alpha value is -2.94. The molecule has 1 heterocycles. The number of hydrogen-bond acceptors (Lipinski definition) is 6. The number of nitrogens with one attached hydrogen (secondary N) is 2. The molecule has 4 N–H and O–H groups in total. The van der Waals surface area contributed by atoms with Crippen molar-refractivity contribution in [1.82, 2.24) is 10.3 Å². The highest BCUT2D eigenvalue weighted by Gasteiger charge is 2.09. The van der Waals surface area contributed by atoms with Crippen LogP contribution in [0.15, 0.2) is 35.7 Å². The number of benzene rings is 1. The maximum atomic E-state index is 11.8. The number of anilines is 1. The highest BCUT2D eigenvalue weighted by atomic mass is 32.1. The Morgan fingerprint density at radius 1 is 1.15 bits per heavy atom. The van der Waals surface area contributed by atoms with E-state index in [1.54, 1.807) is 0 Å². The molecule has 26 heavy (non-hydrogen) atoms. The molecular formula is C17H20N4O4S. The van der Waals surface area contributed by atoms with Gasteiger partial charge in [0.05, 0.1) is 0 Å². The quantitative estimate of drug-likeness (QED) is 0.579. The number of hydrogen-bond donors (Lipinski definition) is 3. The summed E-state index contributed by atoms with van der Waals surface area (Å²) in [5, 5.41) is 7.07. The van der Waals surface area contributed by atoms with Crippen molar-refractivity contribution in [2.24, 2.45) is 5.73 Å². The second-order valence-electron chi connectivity index (χ2n) is 5.40. The van der Waals surface area contributed by atoms with E-state index in [9.17, 15) is 14.4 Å². The van der Waals surface area contributed by atoms with E-state index >= 15 is 0 Å². The molecule has 0 saturated heterocycles. The van der Waals surface area contributed by atoms with E-state index in [2.05, 4.69) is 15.6 Å². The van der Waals surface area contributed by atoms with Crippen LogP contribution in [0, 0.1) is 0 Å². The minimum absolute atomic E-state index is 0.128. The first-order chi connectivity index (χ1) is 12.5. The second kappa shape index (κ2) is 10.1. The fraction of sp³-hybridized carbons (Fsp3) is 0.294. The molecule has 138 valence electrons. The van der Waals surface area contributed by atoms with Gasteiger partial charge >= 0.3 is 6.09 Å². The minimum Gasteiger partial charge on any atom is -0.445 e. The van der Waals surface area contributed by atoms with Crippen LogP contribution < -0.4 is 16.4 Å². The van der Waals surface area contributed by atoms with Crippen molar-refractivity contribution in [1.29, 1.82) is 0 Å². The Morgan fingerprint density at radius 2 is 1.92 bits per heavy atom. The Bertz CT molecular complexity index is 748. The Morgan fingerprint density at radius 3 is 2.62 bits per heavy atom. The van der Waals surface area contributed by atoms with Crippen LogP contribution in [0.25, 0.3) is 0 Å². The number of nitrogens with zero attached hydrogens (tertiary/aromatic N) is 1. The number of aromatic nitrogens is 1. The van der Waals surface area contributed by atoms with E-state index < -0.39 is 12.0 Å². The lowest BCUT2D eigenvalue weighted by molar-refractivity contribution is -0.116. The van der Waals surface area contributed by atoms with Gasteiger partial charge in [-0.3, -0.25) is 9.59 Å². The lowest BCUT2D eigenvalue weighted by Gasteiger charge is -2.07. The van der Waals surface area contributed by atoms with Crippen LogP contribution in [-0.4, -0.2) is 29.4 Å². The number of carbonyl (C=O) groups excluding carboxylic acids is 3. The lowest BCUT2D eigenvalue weighted by atomic mass is 10.2. The smallest absolute Gasteiger partial charge is 0.407 e. The zero-order valence-corrected chi connectivity index (χ0v) is 14.9.